The highest BCUT2D eigenvalue weighted by Gasteiger charge is 2.12. The highest BCUT2D eigenvalue weighted by Crippen LogP contribution is 2.29. The van der Waals surface area contributed by atoms with Crippen LogP contribution < -0.4 is 14.8 Å². The average molecular weight is 408 g/mol. The topological polar surface area (TPSA) is 47.6 Å². The van der Waals surface area contributed by atoms with Crippen molar-refractivity contribution in [3.63, 3.8) is 0 Å². The van der Waals surface area contributed by atoms with Gasteiger partial charge in [0.25, 0.3) is 5.91 Å². The summed E-state index contributed by atoms with van der Waals surface area (Å²) in [6, 6.07) is 21.3. The fourth-order valence-electron chi connectivity index (χ4n) is 2.83. The van der Waals surface area contributed by atoms with Crippen molar-refractivity contribution in [2.24, 2.45) is 0 Å². The van der Waals surface area contributed by atoms with Crippen molar-refractivity contribution in [1.82, 2.24) is 0 Å². The van der Waals surface area contributed by atoms with Crippen LogP contribution in [0.3, 0.4) is 0 Å². The molecule has 0 fully saturated rings. The molecule has 0 aliphatic carbocycles. The van der Waals surface area contributed by atoms with Gasteiger partial charge >= 0.3 is 0 Å². The smallest absolute Gasteiger partial charge is 0.255 e. The van der Waals surface area contributed by atoms with E-state index in [1.807, 2.05) is 37.3 Å². The number of methoxy groups -OCH3 is 1. The Morgan fingerprint density at radius 3 is 2.55 bits per heavy atom. The second kappa shape index (κ2) is 10.0. The molecule has 0 aromatic heterocycles. The molecule has 3 rings (SSSR count). The summed E-state index contributed by atoms with van der Waals surface area (Å²) in [5.41, 5.74) is 3.52. The summed E-state index contributed by atoms with van der Waals surface area (Å²) in [4.78, 5) is 13.9. The standard InChI is InChI=1S/C24H25NO3S/c1-4-28-23-13-10-18(24(26)25-20-6-5-7-21(15-20)27-3)14-19(23)16-29-22-11-8-17(2)9-12-22/h5-15H,4,16H2,1-3H3,(H,25,26). The highest BCUT2D eigenvalue weighted by molar-refractivity contribution is 7.98. The summed E-state index contributed by atoms with van der Waals surface area (Å²) < 4.78 is 11.0. The fraction of sp³-hybridized carbons (Fsp3) is 0.208. The number of anilines is 1. The van der Waals surface area contributed by atoms with E-state index in [-0.39, 0.29) is 5.91 Å². The van der Waals surface area contributed by atoms with Gasteiger partial charge in [0.2, 0.25) is 0 Å². The number of hydrogen-bond donors (Lipinski definition) is 1. The number of rotatable bonds is 8. The number of benzene rings is 3. The molecule has 0 unspecified atom stereocenters. The molecule has 3 aromatic carbocycles. The van der Waals surface area contributed by atoms with Gasteiger partial charge in [0.15, 0.2) is 0 Å². The van der Waals surface area contributed by atoms with Gasteiger partial charge in [-0.15, -0.1) is 11.8 Å². The monoisotopic (exact) mass is 407 g/mol. The highest BCUT2D eigenvalue weighted by atomic mass is 32.2. The van der Waals surface area contributed by atoms with Crippen molar-refractivity contribution in [2.75, 3.05) is 19.0 Å². The predicted molar refractivity (Wildman–Crippen MR) is 119 cm³/mol. The lowest BCUT2D eigenvalue weighted by Gasteiger charge is -2.13. The van der Waals surface area contributed by atoms with Gasteiger partial charge in [-0.25, -0.2) is 0 Å². The quantitative estimate of drug-likeness (QED) is 0.469. The molecule has 0 aliphatic rings. The number of aryl methyl sites for hydroxylation is 1. The van der Waals surface area contributed by atoms with Crippen LogP contribution in [-0.4, -0.2) is 19.6 Å². The third kappa shape index (κ3) is 5.78. The lowest BCUT2D eigenvalue weighted by Crippen LogP contribution is -2.12. The molecule has 0 bridgehead atoms. The van der Waals surface area contributed by atoms with Gasteiger partial charge in [0.1, 0.15) is 11.5 Å². The van der Waals surface area contributed by atoms with Crippen LogP contribution in [0.15, 0.2) is 71.6 Å². The minimum atomic E-state index is -0.164. The van der Waals surface area contributed by atoms with E-state index < -0.39 is 0 Å². The Hall–Kier alpha value is -2.92. The molecule has 0 spiro atoms. The Morgan fingerprint density at radius 1 is 1.03 bits per heavy atom. The summed E-state index contributed by atoms with van der Waals surface area (Å²) >= 11 is 1.72. The van der Waals surface area contributed by atoms with Crippen molar-refractivity contribution >= 4 is 23.4 Å². The summed E-state index contributed by atoms with van der Waals surface area (Å²) in [6.07, 6.45) is 0. The zero-order valence-corrected chi connectivity index (χ0v) is 17.7. The van der Waals surface area contributed by atoms with Crippen LogP contribution >= 0.6 is 11.8 Å². The molecule has 0 saturated carbocycles. The maximum atomic E-state index is 12.7. The Balaban J connectivity index is 1.77. The van der Waals surface area contributed by atoms with Gasteiger partial charge in [-0.2, -0.15) is 0 Å². The molecular formula is C24H25NO3S. The van der Waals surface area contributed by atoms with Crippen molar-refractivity contribution in [3.05, 3.63) is 83.4 Å². The molecule has 4 nitrogen and oxygen atoms in total. The second-order valence-electron chi connectivity index (χ2n) is 6.54. The molecule has 1 N–H and O–H groups in total. The number of ether oxygens (including phenoxy) is 2. The first-order valence-electron chi connectivity index (χ1n) is 9.49. The Morgan fingerprint density at radius 2 is 1.83 bits per heavy atom. The van der Waals surface area contributed by atoms with Crippen LogP contribution in [0.25, 0.3) is 0 Å². The molecule has 0 radical (unpaired) electrons. The number of nitrogens with one attached hydrogen (secondary N) is 1. The van der Waals surface area contributed by atoms with E-state index in [0.29, 0.717) is 23.6 Å². The third-order valence-electron chi connectivity index (χ3n) is 4.37. The van der Waals surface area contributed by atoms with Crippen LogP contribution in [0.5, 0.6) is 11.5 Å². The van der Waals surface area contributed by atoms with Crippen molar-refractivity contribution in [3.8, 4) is 11.5 Å². The van der Waals surface area contributed by atoms with E-state index in [4.69, 9.17) is 9.47 Å². The van der Waals surface area contributed by atoms with Crippen molar-refractivity contribution in [2.45, 2.75) is 24.5 Å². The molecule has 1 amide bonds. The first kappa shape index (κ1) is 20.8. The minimum absolute atomic E-state index is 0.164. The van der Waals surface area contributed by atoms with Gasteiger partial charge in [-0.1, -0.05) is 23.8 Å². The van der Waals surface area contributed by atoms with Gasteiger partial charge in [0, 0.05) is 33.5 Å². The Labute approximate surface area is 176 Å². The molecule has 0 saturated heterocycles. The van der Waals surface area contributed by atoms with Gasteiger partial charge in [-0.05, 0) is 56.3 Å². The SMILES string of the molecule is CCOc1ccc(C(=O)Nc2cccc(OC)c2)cc1CSc1ccc(C)cc1. The fourth-order valence-corrected chi connectivity index (χ4v) is 3.71. The molecule has 0 atom stereocenters. The summed E-state index contributed by atoms with van der Waals surface area (Å²) in [5.74, 6) is 2.07. The number of hydrogen-bond acceptors (Lipinski definition) is 4. The second-order valence-corrected chi connectivity index (χ2v) is 7.59. The van der Waals surface area contributed by atoms with Crippen LogP contribution in [-0.2, 0) is 5.75 Å². The van der Waals surface area contributed by atoms with Gasteiger partial charge < -0.3 is 14.8 Å². The molecule has 3 aromatic rings. The number of thioether (sulfide) groups is 1. The number of carbonyl (C=O) groups is 1. The van der Waals surface area contributed by atoms with Gasteiger partial charge in [-0.3, -0.25) is 4.79 Å². The van der Waals surface area contributed by atoms with E-state index in [1.165, 1.54) is 10.5 Å². The normalized spacial score (nSPS) is 10.4. The maximum absolute atomic E-state index is 12.7. The van der Waals surface area contributed by atoms with Crippen LogP contribution in [0, 0.1) is 6.92 Å². The first-order chi connectivity index (χ1) is 14.1. The van der Waals surface area contributed by atoms with Crippen LogP contribution in [0.4, 0.5) is 5.69 Å². The first-order valence-corrected chi connectivity index (χ1v) is 10.5. The van der Waals surface area contributed by atoms with E-state index >= 15 is 0 Å². The average Bonchev–Trinajstić information content (AvgIpc) is 2.74. The third-order valence-corrected chi connectivity index (χ3v) is 5.43. The molecule has 0 heterocycles. The van der Waals surface area contributed by atoms with Crippen LogP contribution in [0.2, 0.25) is 0 Å². The number of amides is 1. The van der Waals surface area contributed by atoms with Crippen molar-refractivity contribution < 1.29 is 14.3 Å². The molecule has 0 aliphatic heterocycles. The van der Waals surface area contributed by atoms with Crippen molar-refractivity contribution in [1.29, 1.82) is 0 Å². The predicted octanol–water partition coefficient (Wildman–Crippen LogP) is 5.95. The zero-order chi connectivity index (χ0) is 20.6. The maximum Gasteiger partial charge on any atom is 0.255 e. The van der Waals surface area contributed by atoms with Crippen LogP contribution in [0.1, 0.15) is 28.4 Å². The Bertz CT molecular complexity index is 970. The summed E-state index contributed by atoms with van der Waals surface area (Å²) in [5, 5.41) is 2.93. The van der Waals surface area contributed by atoms with Gasteiger partial charge in [0.05, 0.1) is 13.7 Å². The van der Waals surface area contributed by atoms with E-state index in [0.717, 1.165) is 17.1 Å². The number of carbonyl (C=O) groups excluding carboxylic acids is 1. The zero-order valence-electron chi connectivity index (χ0n) is 16.9. The van der Waals surface area contributed by atoms with E-state index in [1.54, 1.807) is 31.0 Å². The summed E-state index contributed by atoms with van der Waals surface area (Å²) in [6.45, 7) is 4.61. The molecule has 5 heteroatoms. The summed E-state index contributed by atoms with van der Waals surface area (Å²) in [7, 11) is 1.60. The largest absolute Gasteiger partial charge is 0.497 e. The van der Waals surface area contributed by atoms with E-state index in [9.17, 15) is 4.79 Å². The Kier molecular flexibility index (Phi) is 7.19. The minimum Gasteiger partial charge on any atom is -0.497 e. The van der Waals surface area contributed by atoms with E-state index in [2.05, 4.69) is 36.5 Å². The molecule has 150 valence electrons. The lowest BCUT2D eigenvalue weighted by molar-refractivity contribution is 0.102. The molecular weight excluding hydrogens is 382 g/mol. The lowest BCUT2D eigenvalue weighted by atomic mass is 10.1. The molecule has 29 heavy (non-hydrogen) atoms.